The van der Waals surface area contributed by atoms with Gasteiger partial charge in [-0.05, 0) is 49.5 Å². The van der Waals surface area contributed by atoms with Gasteiger partial charge in [-0.3, -0.25) is 14.6 Å². The molecule has 142 valence electrons. The molecular formula is C22H33N3O. The Bertz CT molecular complexity index is 597. The maximum atomic E-state index is 12.5. The highest BCUT2D eigenvalue weighted by molar-refractivity contribution is 5.78. The summed E-state index contributed by atoms with van der Waals surface area (Å²) >= 11 is 0. The lowest BCUT2D eigenvalue weighted by atomic mass is 9.84. The molecule has 0 radical (unpaired) electrons. The summed E-state index contributed by atoms with van der Waals surface area (Å²) in [6.07, 6.45) is 5.56. The number of hydrogen-bond donors (Lipinski definition) is 1. The van der Waals surface area contributed by atoms with Crippen molar-refractivity contribution in [3.8, 4) is 0 Å². The molecule has 26 heavy (non-hydrogen) atoms. The molecule has 1 aromatic carbocycles. The van der Waals surface area contributed by atoms with Gasteiger partial charge in [0, 0.05) is 38.8 Å². The number of rotatable bonds is 6. The third-order valence-corrected chi connectivity index (χ3v) is 6.90. The van der Waals surface area contributed by atoms with Crippen LogP contribution in [0.3, 0.4) is 0 Å². The number of carbonyl (C=O) groups excluding carboxylic acids is 1. The normalized spacial score (nSPS) is 30.4. The van der Waals surface area contributed by atoms with Crippen LogP contribution in [0.2, 0.25) is 0 Å². The smallest absolute Gasteiger partial charge is 0.234 e. The molecule has 1 amide bonds. The second-order valence-electron chi connectivity index (χ2n) is 8.73. The molecule has 3 fully saturated rings. The van der Waals surface area contributed by atoms with Crippen molar-refractivity contribution in [1.82, 2.24) is 15.1 Å². The first kappa shape index (κ1) is 18.0. The predicted molar refractivity (Wildman–Crippen MR) is 105 cm³/mol. The minimum Gasteiger partial charge on any atom is -0.352 e. The van der Waals surface area contributed by atoms with Crippen LogP contribution in [0.1, 0.15) is 38.2 Å². The second-order valence-corrected chi connectivity index (χ2v) is 8.73. The summed E-state index contributed by atoms with van der Waals surface area (Å²) in [7, 11) is 0. The number of hydrogen-bond acceptors (Lipinski definition) is 3. The molecule has 4 unspecified atom stereocenters. The van der Waals surface area contributed by atoms with Crippen molar-refractivity contribution in [3.63, 3.8) is 0 Å². The third kappa shape index (κ3) is 4.29. The number of nitrogens with one attached hydrogen (secondary N) is 1. The van der Waals surface area contributed by atoms with Crippen molar-refractivity contribution < 1.29 is 4.79 Å². The van der Waals surface area contributed by atoms with Crippen molar-refractivity contribution in [3.05, 3.63) is 35.9 Å². The molecule has 4 atom stereocenters. The minimum absolute atomic E-state index is 0.219. The molecule has 0 spiro atoms. The molecule has 1 saturated heterocycles. The van der Waals surface area contributed by atoms with Gasteiger partial charge in [0.2, 0.25) is 5.91 Å². The van der Waals surface area contributed by atoms with E-state index in [-0.39, 0.29) is 5.91 Å². The fraction of sp³-hybridized carbons (Fsp3) is 0.682. The zero-order chi connectivity index (χ0) is 17.9. The molecule has 1 aromatic rings. The monoisotopic (exact) mass is 355 g/mol. The Hall–Kier alpha value is -1.39. The lowest BCUT2D eigenvalue weighted by molar-refractivity contribution is -0.123. The molecule has 1 N–H and O–H groups in total. The number of benzene rings is 1. The van der Waals surface area contributed by atoms with Crippen LogP contribution in [0, 0.1) is 17.8 Å². The fourth-order valence-corrected chi connectivity index (χ4v) is 5.46. The van der Waals surface area contributed by atoms with Gasteiger partial charge in [0.1, 0.15) is 0 Å². The fourth-order valence-electron chi connectivity index (χ4n) is 5.46. The first-order valence-corrected chi connectivity index (χ1v) is 10.5. The van der Waals surface area contributed by atoms with E-state index in [1.165, 1.54) is 31.2 Å². The molecule has 0 aromatic heterocycles. The van der Waals surface area contributed by atoms with Crippen molar-refractivity contribution in [1.29, 1.82) is 0 Å². The number of nitrogens with zero attached hydrogens (tertiary/aromatic N) is 2. The van der Waals surface area contributed by atoms with Crippen LogP contribution in [0.15, 0.2) is 30.3 Å². The number of amides is 1. The first-order chi connectivity index (χ1) is 12.7. The Labute approximate surface area is 157 Å². The van der Waals surface area contributed by atoms with E-state index in [1.807, 2.05) is 0 Å². The van der Waals surface area contributed by atoms with E-state index in [0.29, 0.717) is 12.6 Å². The molecule has 4 heteroatoms. The highest BCUT2D eigenvalue weighted by Gasteiger charge is 2.42. The SMILES string of the molecule is CC(NC(=O)CN1CCN(Cc2ccccc2)CC1)C1CC2CCC1C2. The van der Waals surface area contributed by atoms with Gasteiger partial charge < -0.3 is 5.32 Å². The highest BCUT2D eigenvalue weighted by Crippen LogP contribution is 2.49. The zero-order valence-corrected chi connectivity index (χ0v) is 16.1. The molecule has 4 nitrogen and oxygen atoms in total. The van der Waals surface area contributed by atoms with Crippen molar-refractivity contribution in [2.24, 2.45) is 17.8 Å². The van der Waals surface area contributed by atoms with E-state index < -0.39 is 0 Å². The lowest BCUT2D eigenvalue weighted by Gasteiger charge is -2.35. The Morgan fingerprint density at radius 1 is 1.08 bits per heavy atom. The van der Waals surface area contributed by atoms with Gasteiger partial charge in [0.05, 0.1) is 6.54 Å². The minimum atomic E-state index is 0.219. The van der Waals surface area contributed by atoms with Crippen LogP contribution < -0.4 is 5.32 Å². The van der Waals surface area contributed by atoms with Crippen LogP contribution in [-0.4, -0.2) is 54.5 Å². The van der Waals surface area contributed by atoms with Crippen molar-refractivity contribution in [2.45, 2.75) is 45.2 Å². The second kappa shape index (κ2) is 8.10. The maximum absolute atomic E-state index is 12.5. The molecular weight excluding hydrogens is 322 g/mol. The van der Waals surface area contributed by atoms with Crippen molar-refractivity contribution >= 4 is 5.91 Å². The number of fused-ring (bicyclic) bond motifs is 2. The van der Waals surface area contributed by atoms with E-state index >= 15 is 0 Å². The van der Waals surface area contributed by atoms with Gasteiger partial charge in [-0.25, -0.2) is 0 Å². The molecule has 3 aliphatic rings. The Morgan fingerprint density at radius 3 is 2.46 bits per heavy atom. The lowest BCUT2D eigenvalue weighted by Crippen LogP contribution is -2.50. The first-order valence-electron chi connectivity index (χ1n) is 10.5. The summed E-state index contributed by atoms with van der Waals surface area (Å²) < 4.78 is 0. The Morgan fingerprint density at radius 2 is 1.81 bits per heavy atom. The van der Waals surface area contributed by atoms with Gasteiger partial charge in [0.25, 0.3) is 0 Å². The van der Waals surface area contributed by atoms with Gasteiger partial charge in [-0.15, -0.1) is 0 Å². The zero-order valence-electron chi connectivity index (χ0n) is 16.1. The Balaban J connectivity index is 1.17. The van der Waals surface area contributed by atoms with E-state index in [2.05, 4.69) is 52.4 Å². The average molecular weight is 356 g/mol. The summed E-state index contributed by atoms with van der Waals surface area (Å²) in [4.78, 5) is 17.3. The van der Waals surface area contributed by atoms with Gasteiger partial charge >= 0.3 is 0 Å². The van der Waals surface area contributed by atoms with Crippen LogP contribution in [-0.2, 0) is 11.3 Å². The van der Waals surface area contributed by atoms with Crippen LogP contribution in [0.5, 0.6) is 0 Å². The van der Waals surface area contributed by atoms with Crippen molar-refractivity contribution in [2.75, 3.05) is 32.7 Å². The summed E-state index contributed by atoms with van der Waals surface area (Å²) in [6.45, 7) is 7.87. The molecule has 1 aliphatic heterocycles. The average Bonchev–Trinajstić information content (AvgIpc) is 3.28. The van der Waals surface area contributed by atoms with Crippen LogP contribution in [0.4, 0.5) is 0 Å². The topological polar surface area (TPSA) is 35.6 Å². The van der Waals surface area contributed by atoms with Gasteiger partial charge in [-0.1, -0.05) is 36.8 Å². The van der Waals surface area contributed by atoms with E-state index in [1.54, 1.807) is 0 Å². The van der Waals surface area contributed by atoms with Gasteiger partial charge in [-0.2, -0.15) is 0 Å². The van der Waals surface area contributed by atoms with Crippen LogP contribution in [0.25, 0.3) is 0 Å². The standard InChI is InChI=1S/C22H33N3O/c1-17(21-14-19-7-8-20(21)13-19)23-22(26)16-25-11-9-24(10-12-25)15-18-5-3-2-4-6-18/h2-6,17,19-21H,7-16H2,1H3,(H,23,26). The van der Waals surface area contributed by atoms with E-state index in [0.717, 1.165) is 50.5 Å². The maximum Gasteiger partial charge on any atom is 0.234 e. The molecule has 2 saturated carbocycles. The Kier molecular flexibility index (Phi) is 5.60. The van der Waals surface area contributed by atoms with E-state index in [4.69, 9.17) is 0 Å². The summed E-state index contributed by atoms with van der Waals surface area (Å²) in [5.41, 5.74) is 1.37. The van der Waals surface area contributed by atoms with Crippen LogP contribution >= 0.6 is 0 Å². The largest absolute Gasteiger partial charge is 0.352 e. The number of piperazine rings is 1. The summed E-state index contributed by atoms with van der Waals surface area (Å²) in [5, 5.41) is 3.31. The summed E-state index contributed by atoms with van der Waals surface area (Å²) in [6, 6.07) is 11.0. The third-order valence-electron chi connectivity index (χ3n) is 6.90. The predicted octanol–water partition coefficient (Wildman–Crippen LogP) is 2.75. The van der Waals surface area contributed by atoms with E-state index in [9.17, 15) is 4.79 Å². The molecule has 2 aliphatic carbocycles. The summed E-state index contributed by atoms with van der Waals surface area (Å²) in [5.74, 6) is 2.76. The molecule has 4 rings (SSSR count). The molecule has 1 heterocycles. The molecule has 2 bridgehead atoms. The highest BCUT2D eigenvalue weighted by atomic mass is 16.2. The van der Waals surface area contributed by atoms with Gasteiger partial charge in [0.15, 0.2) is 0 Å². The number of carbonyl (C=O) groups is 1. The quantitative estimate of drug-likeness (QED) is 0.852.